The first-order valence-electron chi connectivity index (χ1n) is 8.00. The van der Waals surface area contributed by atoms with E-state index in [9.17, 15) is 0 Å². The van der Waals surface area contributed by atoms with Gasteiger partial charge in [0.05, 0.1) is 7.11 Å². The Bertz CT molecular complexity index is 831. The fourth-order valence-corrected chi connectivity index (χ4v) is 3.19. The molecule has 0 unspecified atom stereocenters. The predicted molar refractivity (Wildman–Crippen MR) is 99.1 cm³/mol. The van der Waals surface area contributed by atoms with Crippen molar-refractivity contribution in [3.05, 3.63) is 65.5 Å². The molecule has 0 saturated carbocycles. The number of hydrogen-bond donors (Lipinski definition) is 0. The van der Waals surface area contributed by atoms with Crippen LogP contribution in [0.15, 0.2) is 53.7 Å². The number of thioether (sulfide) groups is 1. The van der Waals surface area contributed by atoms with Gasteiger partial charge in [0, 0.05) is 12.8 Å². The van der Waals surface area contributed by atoms with Gasteiger partial charge in [0.2, 0.25) is 0 Å². The van der Waals surface area contributed by atoms with Crippen LogP contribution in [-0.2, 0) is 19.4 Å². The highest BCUT2D eigenvalue weighted by molar-refractivity contribution is 7.98. The second kappa shape index (κ2) is 8.07. The summed E-state index contributed by atoms with van der Waals surface area (Å²) in [6, 6.07) is 16.1. The molecular weight excluding hydrogens is 334 g/mol. The van der Waals surface area contributed by atoms with Gasteiger partial charge in [-0.3, -0.25) is 0 Å². The molecular formula is C19H21N3O2S. The van der Waals surface area contributed by atoms with E-state index in [1.165, 1.54) is 11.1 Å². The van der Waals surface area contributed by atoms with Crippen molar-refractivity contribution in [2.24, 2.45) is 7.05 Å². The normalized spacial score (nSPS) is 10.7. The van der Waals surface area contributed by atoms with Crippen LogP contribution in [-0.4, -0.2) is 21.9 Å². The highest BCUT2D eigenvalue weighted by Gasteiger charge is 2.11. The van der Waals surface area contributed by atoms with Gasteiger partial charge < -0.3 is 14.0 Å². The summed E-state index contributed by atoms with van der Waals surface area (Å²) in [5, 5.41) is 9.38. The molecule has 0 spiro atoms. The van der Waals surface area contributed by atoms with Crippen LogP contribution in [0.4, 0.5) is 0 Å². The first-order chi connectivity index (χ1) is 12.2. The van der Waals surface area contributed by atoms with Crippen LogP contribution in [0, 0.1) is 6.92 Å². The van der Waals surface area contributed by atoms with Crippen LogP contribution >= 0.6 is 11.8 Å². The maximum atomic E-state index is 5.83. The monoisotopic (exact) mass is 355 g/mol. The Kier molecular flexibility index (Phi) is 5.60. The highest BCUT2D eigenvalue weighted by atomic mass is 32.2. The lowest BCUT2D eigenvalue weighted by molar-refractivity contribution is 0.272. The molecule has 0 saturated heterocycles. The molecule has 0 bridgehead atoms. The van der Waals surface area contributed by atoms with E-state index >= 15 is 0 Å². The summed E-state index contributed by atoms with van der Waals surface area (Å²) in [7, 11) is 3.59. The van der Waals surface area contributed by atoms with E-state index in [4.69, 9.17) is 9.47 Å². The van der Waals surface area contributed by atoms with Crippen molar-refractivity contribution in [1.82, 2.24) is 14.8 Å². The fraction of sp³-hybridized carbons (Fsp3) is 0.263. The molecule has 6 heteroatoms. The molecule has 0 N–H and O–H groups in total. The second-order valence-corrected chi connectivity index (χ2v) is 6.61. The predicted octanol–water partition coefficient (Wildman–Crippen LogP) is 4.00. The number of hydrogen-bond acceptors (Lipinski definition) is 5. The third-order valence-electron chi connectivity index (χ3n) is 3.84. The van der Waals surface area contributed by atoms with Crippen molar-refractivity contribution in [2.45, 2.75) is 24.4 Å². The quantitative estimate of drug-likeness (QED) is 0.600. The fourth-order valence-electron chi connectivity index (χ4n) is 2.31. The van der Waals surface area contributed by atoms with Gasteiger partial charge in [0.1, 0.15) is 6.61 Å². The van der Waals surface area contributed by atoms with Gasteiger partial charge in [-0.2, -0.15) is 0 Å². The highest BCUT2D eigenvalue weighted by Crippen LogP contribution is 2.27. The minimum atomic E-state index is 0.342. The topological polar surface area (TPSA) is 49.2 Å². The van der Waals surface area contributed by atoms with Gasteiger partial charge in [-0.15, -0.1) is 10.2 Å². The maximum absolute atomic E-state index is 5.83. The number of para-hydroxylation sites is 2. The Labute approximate surface area is 152 Å². The van der Waals surface area contributed by atoms with E-state index in [1.54, 1.807) is 18.9 Å². The van der Waals surface area contributed by atoms with Crippen molar-refractivity contribution in [3.8, 4) is 11.5 Å². The van der Waals surface area contributed by atoms with Crippen molar-refractivity contribution in [2.75, 3.05) is 7.11 Å². The molecule has 25 heavy (non-hydrogen) atoms. The van der Waals surface area contributed by atoms with Gasteiger partial charge in [0.15, 0.2) is 22.5 Å². The summed E-state index contributed by atoms with van der Waals surface area (Å²) in [4.78, 5) is 0. The van der Waals surface area contributed by atoms with Gasteiger partial charge in [-0.05, 0) is 24.6 Å². The number of aryl methyl sites for hydroxylation is 1. The SMILES string of the molecule is COc1ccccc1OCc1nnc(SCc2ccc(C)cc2)n1C. The summed E-state index contributed by atoms with van der Waals surface area (Å²) in [5.41, 5.74) is 2.54. The van der Waals surface area contributed by atoms with Gasteiger partial charge in [0.25, 0.3) is 0 Å². The standard InChI is InChI=1S/C19H21N3O2S/c1-14-8-10-15(11-9-14)13-25-19-21-20-18(22(19)2)12-24-17-7-5-4-6-16(17)23-3/h4-11H,12-13H2,1-3H3. The molecule has 0 fully saturated rings. The van der Waals surface area contributed by atoms with Gasteiger partial charge >= 0.3 is 0 Å². The lowest BCUT2D eigenvalue weighted by atomic mass is 10.2. The summed E-state index contributed by atoms with van der Waals surface area (Å²) in [5.74, 6) is 3.04. The maximum Gasteiger partial charge on any atom is 0.191 e. The molecule has 0 atom stereocenters. The Hall–Kier alpha value is -2.47. The van der Waals surface area contributed by atoms with Gasteiger partial charge in [-0.25, -0.2) is 0 Å². The Balaban J connectivity index is 1.61. The minimum Gasteiger partial charge on any atom is -0.493 e. The zero-order chi connectivity index (χ0) is 17.6. The lowest BCUT2D eigenvalue weighted by Gasteiger charge is -2.10. The molecule has 0 amide bonds. The number of rotatable bonds is 7. The summed E-state index contributed by atoms with van der Waals surface area (Å²) in [6.45, 7) is 2.43. The van der Waals surface area contributed by atoms with Crippen LogP contribution in [0.3, 0.4) is 0 Å². The van der Waals surface area contributed by atoms with Crippen LogP contribution in [0.2, 0.25) is 0 Å². The molecule has 1 aromatic heterocycles. The first-order valence-corrected chi connectivity index (χ1v) is 8.98. The van der Waals surface area contributed by atoms with E-state index in [0.29, 0.717) is 18.1 Å². The van der Waals surface area contributed by atoms with E-state index in [2.05, 4.69) is 41.4 Å². The Morgan fingerprint density at radius 3 is 2.44 bits per heavy atom. The Morgan fingerprint density at radius 1 is 1.00 bits per heavy atom. The molecule has 130 valence electrons. The minimum absolute atomic E-state index is 0.342. The number of nitrogens with zero attached hydrogens (tertiary/aromatic N) is 3. The van der Waals surface area contributed by atoms with Crippen LogP contribution < -0.4 is 9.47 Å². The summed E-state index contributed by atoms with van der Waals surface area (Å²) < 4.78 is 13.1. The number of methoxy groups -OCH3 is 1. The molecule has 0 aliphatic rings. The zero-order valence-electron chi connectivity index (χ0n) is 14.6. The van der Waals surface area contributed by atoms with Crippen LogP contribution in [0.5, 0.6) is 11.5 Å². The van der Waals surface area contributed by atoms with E-state index in [1.807, 2.05) is 35.9 Å². The van der Waals surface area contributed by atoms with Crippen molar-refractivity contribution in [1.29, 1.82) is 0 Å². The van der Waals surface area contributed by atoms with Crippen molar-refractivity contribution >= 4 is 11.8 Å². The third kappa shape index (κ3) is 4.33. The number of aromatic nitrogens is 3. The zero-order valence-corrected chi connectivity index (χ0v) is 15.4. The number of benzene rings is 2. The second-order valence-electron chi connectivity index (χ2n) is 5.67. The number of ether oxygens (including phenoxy) is 2. The molecule has 3 aromatic rings. The van der Waals surface area contributed by atoms with E-state index in [-0.39, 0.29) is 0 Å². The van der Waals surface area contributed by atoms with Crippen molar-refractivity contribution in [3.63, 3.8) is 0 Å². The molecule has 3 rings (SSSR count). The van der Waals surface area contributed by atoms with Crippen molar-refractivity contribution < 1.29 is 9.47 Å². The Morgan fingerprint density at radius 2 is 1.72 bits per heavy atom. The van der Waals surface area contributed by atoms with Crippen LogP contribution in [0.25, 0.3) is 0 Å². The summed E-state index contributed by atoms with van der Waals surface area (Å²) in [6.07, 6.45) is 0. The molecule has 0 aliphatic carbocycles. The first kappa shape index (κ1) is 17.4. The molecule has 1 heterocycles. The lowest BCUT2D eigenvalue weighted by Crippen LogP contribution is -2.05. The smallest absolute Gasteiger partial charge is 0.191 e. The average Bonchev–Trinajstić information content (AvgIpc) is 2.99. The third-order valence-corrected chi connectivity index (χ3v) is 4.93. The molecule has 0 radical (unpaired) electrons. The average molecular weight is 355 g/mol. The summed E-state index contributed by atoms with van der Waals surface area (Å²) >= 11 is 1.67. The van der Waals surface area contributed by atoms with Crippen LogP contribution in [0.1, 0.15) is 17.0 Å². The molecule has 0 aliphatic heterocycles. The van der Waals surface area contributed by atoms with Gasteiger partial charge in [-0.1, -0.05) is 53.7 Å². The molecule has 2 aromatic carbocycles. The van der Waals surface area contributed by atoms with E-state index < -0.39 is 0 Å². The van der Waals surface area contributed by atoms with E-state index in [0.717, 1.165) is 16.7 Å². The largest absolute Gasteiger partial charge is 0.493 e. The molecule has 5 nitrogen and oxygen atoms in total.